The Morgan fingerprint density at radius 3 is 2.62 bits per heavy atom. The fourth-order valence-corrected chi connectivity index (χ4v) is 3.07. The Kier molecular flexibility index (Phi) is 7.55. The van der Waals surface area contributed by atoms with Crippen LogP contribution < -0.4 is 10.1 Å². The van der Waals surface area contributed by atoms with Gasteiger partial charge in [-0.1, -0.05) is 11.2 Å². The lowest BCUT2D eigenvalue weighted by Crippen LogP contribution is -2.38. The number of hydrogen-bond acceptors (Lipinski definition) is 8. The number of halogens is 1. The van der Waals surface area contributed by atoms with Crippen LogP contribution in [0.25, 0.3) is 22.8 Å². The molecular weight excluding hydrogens is 447 g/mol. The van der Waals surface area contributed by atoms with E-state index in [1.807, 2.05) is 13.8 Å². The number of nitrogens with one attached hydrogen (secondary N) is 1. The first-order chi connectivity index (χ1) is 16.2. The molecule has 0 saturated carbocycles. The standard InChI is InChI=1S/C23H21FN4O6/c1-12(2)33-19-6-4-14(8-15(19)10-25)22-27-21(28-34-22)16-5-3-13(7-17(16)24)11-26-18(23(31)32)9-20(29)30/h3-8,12,18,26H,9,11H2,1-2H3,(H,29,30)(H,31,32). The summed E-state index contributed by atoms with van der Waals surface area (Å²) in [6.07, 6.45) is -0.721. The van der Waals surface area contributed by atoms with Crippen molar-refractivity contribution in [3.63, 3.8) is 0 Å². The van der Waals surface area contributed by atoms with E-state index in [-0.39, 0.29) is 35.5 Å². The van der Waals surface area contributed by atoms with Crippen molar-refractivity contribution < 1.29 is 33.5 Å². The van der Waals surface area contributed by atoms with Gasteiger partial charge >= 0.3 is 11.9 Å². The van der Waals surface area contributed by atoms with Crippen LogP contribution in [0, 0.1) is 17.1 Å². The minimum atomic E-state index is -1.32. The zero-order chi connectivity index (χ0) is 24.8. The number of nitriles is 1. The molecule has 0 radical (unpaired) electrons. The van der Waals surface area contributed by atoms with E-state index in [1.165, 1.54) is 24.3 Å². The number of ether oxygens (including phenoxy) is 1. The second kappa shape index (κ2) is 10.5. The summed E-state index contributed by atoms with van der Waals surface area (Å²) in [6, 6.07) is 9.67. The van der Waals surface area contributed by atoms with Crippen molar-refractivity contribution in [2.24, 2.45) is 0 Å². The summed E-state index contributed by atoms with van der Waals surface area (Å²) in [4.78, 5) is 26.1. The molecule has 10 nitrogen and oxygen atoms in total. The van der Waals surface area contributed by atoms with Gasteiger partial charge in [-0.25, -0.2) is 4.39 Å². The third-order valence-corrected chi connectivity index (χ3v) is 4.64. The van der Waals surface area contributed by atoms with Gasteiger partial charge in [-0.15, -0.1) is 0 Å². The highest BCUT2D eigenvalue weighted by atomic mass is 19.1. The van der Waals surface area contributed by atoms with E-state index in [9.17, 15) is 19.2 Å². The molecule has 3 N–H and O–H groups in total. The summed E-state index contributed by atoms with van der Waals surface area (Å²) in [6.45, 7) is 3.63. The summed E-state index contributed by atoms with van der Waals surface area (Å²) in [5.74, 6) is -2.76. The second-order valence-corrected chi connectivity index (χ2v) is 7.60. The van der Waals surface area contributed by atoms with Gasteiger partial charge in [0.1, 0.15) is 23.7 Å². The minimum Gasteiger partial charge on any atom is -0.490 e. The highest BCUT2D eigenvalue weighted by Gasteiger charge is 2.21. The van der Waals surface area contributed by atoms with Crippen LogP contribution in [-0.2, 0) is 16.1 Å². The number of carbonyl (C=O) groups is 2. The molecule has 3 aromatic rings. The van der Waals surface area contributed by atoms with Crippen LogP contribution in [0.2, 0.25) is 0 Å². The smallest absolute Gasteiger partial charge is 0.321 e. The summed E-state index contributed by atoms with van der Waals surface area (Å²) in [5, 5.41) is 33.6. The Labute approximate surface area is 193 Å². The van der Waals surface area contributed by atoms with Crippen LogP contribution in [0.5, 0.6) is 5.75 Å². The quantitative estimate of drug-likeness (QED) is 0.403. The Bertz CT molecular complexity index is 1250. The maximum atomic E-state index is 14.7. The van der Waals surface area contributed by atoms with Crippen molar-refractivity contribution in [2.45, 2.75) is 39.0 Å². The number of benzene rings is 2. The minimum absolute atomic E-state index is 0.0117. The fourth-order valence-electron chi connectivity index (χ4n) is 3.07. The molecule has 0 fully saturated rings. The topological polar surface area (TPSA) is 159 Å². The maximum absolute atomic E-state index is 14.7. The molecular formula is C23H21FN4O6. The predicted molar refractivity (Wildman–Crippen MR) is 116 cm³/mol. The van der Waals surface area contributed by atoms with Crippen molar-refractivity contribution in [1.82, 2.24) is 15.5 Å². The monoisotopic (exact) mass is 468 g/mol. The molecule has 176 valence electrons. The summed E-state index contributed by atoms with van der Waals surface area (Å²) in [7, 11) is 0. The van der Waals surface area contributed by atoms with Crippen LogP contribution in [0.3, 0.4) is 0 Å². The number of aliphatic carboxylic acids is 2. The fraction of sp³-hybridized carbons (Fsp3) is 0.261. The van der Waals surface area contributed by atoms with Crippen molar-refractivity contribution in [2.75, 3.05) is 0 Å². The number of hydrogen-bond donors (Lipinski definition) is 3. The van der Waals surface area contributed by atoms with Gasteiger partial charge in [-0.05, 0) is 49.7 Å². The molecule has 3 rings (SSSR count). The third-order valence-electron chi connectivity index (χ3n) is 4.64. The normalized spacial score (nSPS) is 11.7. The van der Waals surface area contributed by atoms with E-state index in [2.05, 4.69) is 21.5 Å². The van der Waals surface area contributed by atoms with Crippen molar-refractivity contribution in [3.05, 3.63) is 53.3 Å². The second-order valence-electron chi connectivity index (χ2n) is 7.60. The number of rotatable bonds is 10. The van der Waals surface area contributed by atoms with Gasteiger partial charge < -0.3 is 19.5 Å². The van der Waals surface area contributed by atoms with E-state index in [4.69, 9.17) is 19.5 Å². The average molecular weight is 468 g/mol. The highest BCUT2D eigenvalue weighted by Crippen LogP contribution is 2.28. The lowest BCUT2D eigenvalue weighted by molar-refractivity contribution is -0.146. The van der Waals surface area contributed by atoms with Crippen molar-refractivity contribution in [3.8, 4) is 34.7 Å². The first-order valence-electron chi connectivity index (χ1n) is 10.2. The van der Waals surface area contributed by atoms with Crippen LogP contribution in [0.4, 0.5) is 4.39 Å². The molecule has 1 unspecified atom stereocenters. The predicted octanol–water partition coefficient (Wildman–Crippen LogP) is 3.22. The molecule has 0 aliphatic rings. The molecule has 0 bridgehead atoms. The SMILES string of the molecule is CC(C)Oc1ccc(-c2nc(-c3ccc(CNC(CC(=O)O)C(=O)O)cc3F)no2)cc1C#N. The van der Waals surface area contributed by atoms with E-state index in [0.29, 0.717) is 16.9 Å². The molecule has 0 saturated heterocycles. The Morgan fingerprint density at radius 2 is 2.00 bits per heavy atom. The number of aromatic nitrogens is 2. The van der Waals surface area contributed by atoms with Crippen LogP contribution >= 0.6 is 0 Å². The third kappa shape index (κ3) is 5.93. The molecule has 1 heterocycles. The molecule has 0 spiro atoms. The van der Waals surface area contributed by atoms with E-state index >= 15 is 0 Å². The lowest BCUT2D eigenvalue weighted by Gasteiger charge is -2.12. The molecule has 34 heavy (non-hydrogen) atoms. The van der Waals surface area contributed by atoms with Gasteiger partial charge in [0.2, 0.25) is 5.82 Å². The lowest BCUT2D eigenvalue weighted by atomic mass is 10.1. The Balaban J connectivity index is 1.77. The summed E-state index contributed by atoms with van der Waals surface area (Å²) >= 11 is 0. The number of nitrogens with zero attached hydrogens (tertiary/aromatic N) is 3. The van der Waals surface area contributed by atoms with Gasteiger partial charge in [0.15, 0.2) is 0 Å². The molecule has 0 aliphatic carbocycles. The zero-order valence-electron chi connectivity index (χ0n) is 18.3. The largest absolute Gasteiger partial charge is 0.490 e. The zero-order valence-corrected chi connectivity index (χ0v) is 18.3. The van der Waals surface area contributed by atoms with E-state index in [0.717, 1.165) is 0 Å². The van der Waals surface area contributed by atoms with E-state index < -0.39 is 30.2 Å². The Hall–Kier alpha value is -4.30. The molecule has 2 aromatic carbocycles. The highest BCUT2D eigenvalue weighted by molar-refractivity contribution is 5.80. The van der Waals surface area contributed by atoms with Gasteiger partial charge in [0, 0.05) is 12.1 Å². The molecule has 0 aliphatic heterocycles. The maximum Gasteiger partial charge on any atom is 0.321 e. The van der Waals surface area contributed by atoms with Crippen molar-refractivity contribution >= 4 is 11.9 Å². The summed E-state index contributed by atoms with van der Waals surface area (Å²) in [5.41, 5.74) is 1.21. The number of carboxylic acid groups (broad SMARTS) is 2. The van der Waals surface area contributed by atoms with Crippen molar-refractivity contribution in [1.29, 1.82) is 5.26 Å². The van der Waals surface area contributed by atoms with Crippen LogP contribution in [0.15, 0.2) is 40.9 Å². The van der Waals surface area contributed by atoms with Gasteiger partial charge in [-0.2, -0.15) is 10.2 Å². The molecule has 1 aromatic heterocycles. The van der Waals surface area contributed by atoms with Crippen LogP contribution in [0.1, 0.15) is 31.4 Å². The van der Waals surface area contributed by atoms with Gasteiger partial charge in [0.25, 0.3) is 5.89 Å². The first-order valence-corrected chi connectivity index (χ1v) is 10.2. The average Bonchev–Trinajstić information content (AvgIpc) is 3.26. The first kappa shape index (κ1) is 24.3. The van der Waals surface area contributed by atoms with Gasteiger partial charge in [0.05, 0.1) is 23.7 Å². The van der Waals surface area contributed by atoms with E-state index in [1.54, 1.807) is 12.1 Å². The van der Waals surface area contributed by atoms with Crippen LogP contribution in [-0.4, -0.2) is 44.4 Å². The van der Waals surface area contributed by atoms with Gasteiger partial charge in [-0.3, -0.25) is 14.9 Å². The number of carboxylic acids is 2. The molecule has 1 atom stereocenters. The molecule has 0 amide bonds. The Morgan fingerprint density at radius 1 is 1.24 bits per heavy atom. The molecule has 11 heteroatoms. The summed E-state index contributed by atoms with van der Waals surface area (Å²) < 4.78 is 25.5.